The van der Waals surface area contributed by atoms with Crippen LogP contribution in [0.3, 0.4) is 0 Å². The molecule has 0 unspecified atom stereocenters. The van der Waals surface area contributed by atoms with Crippen molar-refractivity contribution in [2.24, 2.45) is 0 Å². The van der Waals surface area contributed by atoms with Crippen LogP contribution in [0.15, 0.2) is 53.0 Å². The highest BCUT2D eigenvalue weighted by atomic mass is 79.9. The predicted octanol–water partition coefficient (Wildman–Crippen LogP) is 5.86. The topological polar surface area (TPSA) is 49.4 Å². The summed E-state index contributed by atoms with van der Waals surface area (Å²) in [5.41, 5.74) is 3.42. The summed E-state index contributed by atoms with van der Waals surface area (Å²) in [5, 5.41) is 3.20. The van der Waals surface area contributed by atoms with Crippen molar-refractivity contribution in [3.8, 4) is 0 Å². The summed E-state index contributed by atoms with van der Waals surface area (Å²) >= 11 is 5.05. The van der Waals surface area contributed by atoms with Crippen LogP contribution in [0.2, 0.25) is 0 Å². The number of nitrogens with zero attached hydrogens (tertiary/aromatic N) is 1. The molecule has 2 aromatic rings. The Hall–Kier alpha value is -1.79. The molecule has 1 saturated carbocycles. The van der Waals surface area contributed by atoms with Gasteiger partial charge < -0.3 is 10.2 Å². The third-order valence-electron chi connectivity index (χ3n) is 5.97. The molecular formula is C26H33BrN2O2S. The first-order valence-electron chi connectivity index (χ1n) is 11.4. The number of carbonyl (C=O) groups excluding carboxylic acids is 2. The minimum Gasteiger partial charge on any atom is -0.352 e. The van der Waals surface area contributed by atoms with Gasteiger partial charge in [-0.05, 0) is 49.4 Å². The Balaban J connectivity index is 1.68. The first-order chi connectivity index (χ1) is 15.5. The Bertz CT molecular complexity index is 880. The van der Waals surface area contributed by atoms with Crippen LogP contribution in [-0.4, -0.2) is 34.6 Å². The average Bonchev–Trinajstić information content (AvgIpc) is 3.29. The van der Waals surface area contributed by atoms with E-state index in [-0.39, 0.29) is 17.9 Å². The summed E-state index contributed by atoms with van der Waals surface area (Å²) < 4.78 is 1.05. The second-order valence-corrected chi connectivity index (χ2v) is 10.4. The van der Waals surface area contributed by atoms with E-state index in [0.717, 1.165) is 28.6 Å². The molecule has 0 saturated heterocycles. The van der Waals surface area contributed by atoms with E-state index in [1.165, 1.54) is 24.0 Å². The number of hydrogen-bond acceptors (Lipinski definition) is 3. The molecule has 4 nitrogen and oxygen atoms in total. The monoisotopic (exact) mass is 516 g/mol. The van der Waals surface area contributed by atoms with Crippen LogP contribution in [0.1, 0.15) is 55.7 Å². The number of aryl methyl sites for hydroxylation is 1. The van der Waals surface area contributed by atoms with Crippen molar-refractivity contribution in [1.29, 1.82) is 0 Å². The van der Waals surface area contributed by atoms with E-state index in [4.69, 9.17) is 0 Å². The average molecular weight is 518 g/mol. The number of benzene rings is 2. The molecule has 2 aromatic carbocycles. The predicted molar refractivity (Wildman–Crippen MR) is 137 cm³/mol. The zero-order chi connectivity index (χ0) is 22.9. The molecule has 1 fully saturated rings. The van der Waals surface area contributed by atoms with E-state index in [9.17, 15) is 9.59 Å². The second kappa shape index (κ2) is 12.4. The fourth-order valence-corrected chi connectivity index (χ4v) is 5.23. The van der Waals surface area contributed by atoms with Gasteiger partial charge in [0.2, 0.25) is 11.8 Å². The molecule has 1 N–H and O–H groups in total. The van der Waals surface area contributed by atoms with Crippen LogP contribution < -0.4 is 5.32 Å². The van der Waals surface area contributed by atoms with Gasteiger partial charge in [0.25, 0.3) is 0 Å². The number of nitrogens with one attached hydrogen (secondary N) is 1. The number of thioether (sulfide) groups is 1. The molecule has 6 heteroatoms. The number of amides is 2. The Labute approximate surface area is 204 Å². The molecule has 172 valence electrons. The van der Waals surface area contributed by atoms with Crippen LogP contribution in [0.25, 0.3) is 0 Å². The van der Waals surface area contributed by atoms with Gasteiger partial charge in [-0.1, -0.05) is 77.7 Å². The second-order valence-electron chi connectivity index (χ2n) is 8.54. The molecule has 1 aliphatic carbocycles. The Morgan fingerprint density at radius 3 is 2.31 bits per heavy atom. The molecule has 1 aliphatic rings. The summed E-state index contributed by atoms with van der Waals surface area (Å²) in [6.07, 6.45) is 5.02. The summed E-state index contributed by atoms with van der Waals surface area (Å²) in [6.45, 7) is 4.49. The van der Waals surface area contributed by atoms with E-state index < -0.39 is 6.04 Å². The van der Waals surface area contributed by atoms with Crippen molar-refractivity contribution in [3.05, 3.63) is 69.7 Å². The van der Waals surface area contributed by atoms with Crippen molar-refractivity contribution in [2.75, 3.05) is 5.75 Å². The van der Waals surface area contributed by atoms with Crippen molar-refractivity contribution < 1.29 is 9.59 Å². The van der Waals surface area contributed by atoms with Crippen molar-refractivity contribution >= 4 is 39.5 Å². The third kappa shape index (κ3) is 7.38. The van der Waals surface area contributed by atoms with Crippen molar-refractivity contribution in [3.63, 3.8) is 0 Å². The molecule has 3 rings (SSSR count). The quantitative estimate of drug-likeness (QED) is 0.430. The number of halogens is 1. The first-order valence-corrected chi connectivity index (χ1v) is 13.4. The van der Waals surface area contributed by atoms with Gasteiger partial charge in [-0.15, -0.1) is 11.8 Å². The number of hydrogen-bond donors (Lipinski definition) is 1. The van der Waals surface area contributed by atoms with Crippen LogP contribution >= 0.6 is 27.7 Å². The molecule has 32 heavy (non-hydrogen) atoms. The molecule has 0 radical (unpaired) electrons. The summed E-state index contributed by atoms with van der Waals surface area (Å²) in [5.74, 6) is 1.12. The number of rotatable bonds is 10. The summed E-state index contributed by atoms with van der Waals surface area (Å²) in [6, 6.07) is 16.2. The van der Waals surface area contributed by atoms with Gasteiger partial charge in [0.05, 0.1) is 5.75 Å². The van der Waals surface area contributed by atoms with Crippen LogP contribution in [0.4, 0.5) is 0 Å². The smallest absolute Gasteiger partial charge is 0.243 e. The van der Waals surface area contributed by atoms with Crippen LogP contribution in [0.5, 0.6) is 0 Å². The highest BCUT2D eigenvalue weighted by molar-refractivity contribution is 9.10. The van der Waals surface area contributed by atoms with Gasteiger partial charge in [0.15, 0.2) is 0 Å². The highest BCUT2D eigenvalue weighted by Crippen LogP contribution is 2.21. The maximum Gasteiger partial charge on any atom is 0.243 e. The molecule has 0 spiro atoms. The molecule has 0 bridgehead atoms. The van der Waals surface area contributed by atoms with Gasteiger partial charge in [-0.3, -0.25) is 9.59 Å². The zero-order valence-corrected chi connectivity index (χ0v) is 21.4. The van der Waals surface area contributed by atoms with Gasteiger partial charge in [-0.25, -0.2) is 0 Å². The summed E-state index contributed by atoms with van der Waals surface area (Å²) in [7, 11) is 0. The Kier molecular flexibility index (Phi) is 9.67. The molecule has 1 atom stereocenters. The lowest BCUT2D eigenvalue weighted by molar-refractivity contribution is -0.139. The SMILES string of the molecule is CC[C@H](C(=O)NC1CCCC1)N(Cc1ccc(C)cc1)C(=O)CSCc1ccc(Br)cc1. The zero-order valence-electron chi connectivity index (χ0n) is 19.0. The lowest BCUT2D eigenvalue weighted by Gasteiger charge is -2.31. The van der Waals surface area contributed by atoms with Crippen molar-refractivity contribution in [1.82, 2.24) is 10.2 Å². The molecular weight excluding hydrogens is 484 g/mol. The Morgan fingerprint density at radius 2 is 1.69 bits per heavy atom. The van der Waals surface area contributed by atoms with Gasteiger partial charge in [0, 0.05) is 22.8 Å². The normalized spacial score (nSPS) is 14.8. The molecule has 0 heterocycles. The van der Waals surface area contributed by atoms with E-state index in [1.807, 2.05) is 31.2 Å². The number of carbonyl (C=O) groups is 2. The van der Waals surface area contributed by atoms with Crippen LogP contribution in [-0.2, 0) is 21.9 Å². The minimum absolute atomic E-state index is 0.0149. The summed E-state index contributed by atoms with van der Waals surface area (Å²) in [4.78, 5) is 28.2. The maximum atomic E-state index is 13.3. The minimum atomic E-state index is -0.447. The fourth-order valence-electron chi connectivity index (χ4n) is 4.10. The van der Waals surface area contributed by atoms with Gasteiger partial charge in [-0.2, -0.15) is 0 Å². The van der Waals surface area contributed by atoms with E-state index in [2.05, 4.69) is 52.4 Å². The first kappa shape index (κ1) is 24.8. The standard InChI is InChI=1S/C26H33BrN2O2S/c1-3-24(26(31)28-23-6-4-5-7-23)29(16-20-10-8-19(2)9-11-20)25(30)18-32-17-21-12-14-22(27)15-13-21/h8-15,23-24H,3-7,16-18H2,1-2H3,(H,28,31)/t24-/m1/s1. The lowest BCUT2D eigenvalue weighted by Crippen LogP contribution is -2.51. The van der Waals surface area contributed by atoms with Gasteiger partial charge in [0.1, 0.15) is 6.04 Å². The Morgan fingerprint density at radius 1 is 1.06 bits per heavy atom. The highest BCUT2D eigenvalue weighted by Gasteiger charge is 2.30. The van der Waals surface area contributed by atoms with E-state index >= 15 is 0 Å². The van der Waals surface area contributed by atoms with Crippen molar-refractivity contribution in [2.45, 2.75) is 70.3 Å². The fraction of sp³-hybridized carbons (Fsp3) is 0.462. The third-order valence-corrected chi connectivity index (χ3v) is 7.49. The maximum absolute atomic E-state index is 13.3. The molecule has 0 aliphatic heterocycles. The lowest BCUT2D eigenvalue weighted by atomic mass is 10.1. The molecule has 2 amide bonds. The molecule has 0 aromatic heterocycles. The largest absolute Gasteiger partial charge is 0.352 e. The van der Waals surface area contributed by atoms with E-state index in [1.54, 1.807) is 16.7 Å². The van der Waals surface area contributed by atoms with Gasteiger partial charge >= 0.3 is 0 Å². The van der Waals surface area contributed by atoms with E-state index in [0.29, 0.717) is 18.7 Å². The van der Waals surface area contributed by atoms with Crippen LogP contribution in [0, 0.1) is 6.92 Å².